The zero-order chi connectivity index (χ0) is 14.5. The maximum absolute atomic E-state index is 9.74. The number of benzene rings is 1. The Kier molecular flexibility index (Phi) is 5.04. The van der Waals surface area contributed by atoms with Crippen molar-refractivity contribution in [2.45, 2.75) is 32.9 Å². The van der Waals surface area contributed by atoms with Crippen LogP contribution in [0.25, 0.3) is 0 Å². The van der Waals surface area contributed by atoms with Crippen molar-refractivity contribution in [3.8, 4) is 11.5 Å². The zero-order valence-corrected chi connectivity index (χ0v) is 13.0. The molecule has 0 radical (unpaired) electrons. The summed E-state index contributed by atoms with van der Waals surface area (Å²) in [6, 6.07) is 10.3. The van der Waals surface area contributed by atoms with Crippen molar-refractivity contribution in [1.29, 1.82) is 0 Å². The largest absolute Gasteiger partial charge is 0.504 e. The molecule has 1 atom stereocenters. The summed E-state index contributed by atoms with van der Waals surface area (Å²) in [5, 5.41) is 13.2. The fourth-order valence-electron chi connectivity index (χ4n) is 2.11. The predicted octanol–water partition coefficient (Wildman–Crippen LogP) is 3.49. The molecule has 0 aliphatic heterocycles. The summed E-state index contributed by atoms with van der Waals surface area (Å²) in [5.41, 5.74) is 1.05. The summed E-state index contributed by atoms with van der Waals surface area (Å²) in [5.74, 6) is 0.698. The Morgan fingerprint density at radius 1 is 1.30 bits per heavy atom. The van der Waals surface area contributed by atoms with Gasteiger partial charge in [-0.3, -0.25) is 0 Å². The molecular weight excluding hydrogens is 270 g/mol. The second-order valence-corrected chi connectivity index (χ2v) is 6.38. The summed E-state index contributed by atoms with van der Waals surface area (Å²) < 4.78 is 5.04. The van der Waals surface area contributed by atoms with Gasteiger partial charge in [-0.05, 0) is 50.1 Å². The van der Waals surface area contributed by atoms with Crippen LogP contribution in [0.15, 0.2) is 30.3 Å². The summed E-state index contributed by atoms with van der Waals surface area (Å²) in [7, 11) is 1.55. The van der Waals surface area contributed by atoms with E-state index in [1.807, 2.05) is 17.4 Å². The molecule has 20 heavy (non-hydrogen) atoms. The molecule has 108 valence electrons. The normalized spacial score (nSPS) is 12.3. The highest BCUT2D eigenvalue weighted by molar-refractivity contribution is 7.11. The van der Waals surface area contributed by atoms with Crippen molar-refractivity contribution >= 4 is 11.3 Å². The second kappa shape index (κ2) is 6.77. The van der Waals surface area contributed by atoms with Gasteiger partial charge in [-0.25, -0.2) is 0 Å². The van der Waals surface area contributed by atoms with E-state index in [0.29, 0.717) is 11.8 Å². The third kappa shape index (κ3) is 3.99. The number of hydrogen-bond acceptors (Lipinski definition) is 4. The fourth-order valence-corrected chi connectivity index (χ4v) is 3.13. The van der Waals surface area contributed by atoms with Gasteiger partial charge in [0.25, 0.3) is 0 Å². The fraction of sp³-hybridized carbons (Fsp3) is 0.375. The Balaban J connectivity index is 1.86. The highest BCUT2D eigenvalue weighted by Gasteiger charge is 2.07. The molecule has 1 aromatic heterocycles. The third-order valence-corrected chi connectivity index (χ3v) is 4.22. The predicted molar refractivity (Wildman–Crippen MR) is 83.7 cm³/mol. The van der Waals surface area contributed by atoms with Crippen LogP contribution < -0.4 is 10.1 Å². The van der Waals surface area contributed by atoms with Crippen LogP contribution in [0.1, 0.15) is 22.2 Å². The van der Waals surface area contributed by atoms with E-state index >= 15 is 0 Å². The number of aromatic hydroxyl groups is 1. The first-order chi connectivity index (χ1) is 9.58. The minimum Gasteiger partial charge on any atom is -0.504 e. The number of phenols is 1. The maximum atomic E-state index is 9.74. The molecule has 0 bridgehead atoms. The van der Waals surface area contributed by atoms with E-state index in [1.165, 1.54) is 9.75 Å². The number of phenolic OH excluding ortho intramolecular Hbond substituents is 1. The van der Waals surface area contributed by atoms with Gasteiger partial charge in [0, 0.05) is 22.3 Å². The van der Waals surface area contributed by atoms with Crippen LogP contribution in [-0.2, 0) is 13.0 Å². The molecule has 4 heteroatoms. The molecule has 3 nitrogen and oxygen atoms in total. The molecule has 0 fully saturated rings. The number of aryl methyl sites for hydroxylation is 1. The number of hydrogen-bond donors (Lipinski definition) is 2. The maximum Gasteiger partial charge on any atom is 0.160 e. The number of ether oxygens (including phenoxy) is 1. The monoisotopic (exact) mass is 291 g/mol. The molecule has 0 spiro atoms. The first-order valence-electron chi connectivity index (χ1n) is 6.73. The van der Waals surface area contributed by atoms with Gasteiger partial charge in [-0.1, -0.05) is 6.07 Å². The minimum atomic E-state index is 0.188. The number of methoxy groups -OCH3 is 1. The molecule has 1 aromatic carbocycles. The SMILES string of the molecule is COc1ccc(CNC(C)Cc2ccc(C)s2)cc1O. The van der Waals surface area contributed by atoms with Crippen LogP contribution in [-0.4, -0.2) is 18.3 Å². The van der Waals surface area contributed by atoms with Gasteiger partial charge in [0.15, 0.2) is 11.5 Å². The highest BCUT2D eigenvalue weighted by atomic mass is 32.1. The highest BCUT2D eigenvalue weighted by Crippen LogP contribution is 2.26. The molecule has 0 saturated heterocycles. The van der Waals surface area contributed by atoms with Gasteiger partial charge in [0.1, 0.15) is 0 Å². The van der Waals surface area contributed by atoms with Crippen molar-refractivity contribution < 1.29 is 9.84 Å². The van der Waals surface area contributed by atoms with Crippen LogP contribution in [0, 0.1) is 6.92 Å². The molecule has 0 amide bonds. The van der Waals surface area contributed by atoms with Crippen molar-refractivity contribution in [1.82, 2.24) is 5.32 Å². The van der Waals surface area contributed by atoms with Crippen molar-refractivity contribution in [2.75, 3.05) is 7.11 Å². The third-order valence-electron chi connectivity index (χ3n) is 3.20. The molecule has 0 saturated carbocycles. The lowest BCUT2D eigenvalue weighted by Gasteiger charge is -2.13. The number of nitrogens with one attached hydrogen (secondary N) is 1. The van der Waals surface area contributed by atoms with Crippen molar-refractivity contribution in [3.63, 3.8) is 0 Å². The number of thiophene rings is 1. The smallest absolute Gasteiger partial charge is 0.160 e. The van der Waals surface area contributed by atoms with E-state index in [9.17, 15) is 5.11 Å². The average molecular weight is 291 g/mol. The van der Waals surface area contributed by atoms with Gasteiger partial charge in [0.05, 0.1) is 7.11 Å². The van der Waals surface area contributed by atoms with Gasteiger partial charge in [0.2, 0.25) is 0 Å². The Morgan fingerprint density at radius 2 is 2.10 bits per heavy atom. The summed E-state index contributed by atoms with van der Waals surface area (Å²) in [4.78, 5) is 2.76. The van der Waals surface area contributed by atoms with E-state index in [2.05, 4.69) is 31.3 Å². The van der Waals surface area contributed by atoms with Crippen LogP contribution >= 0.6 is 11.3 Å². The van der Waals surface area contributed by atoms with Crippen molar-refractivity contribution in [3.05, 3.63) is 45.6 Å². The van der Waals surface area contributed by atoms with E-state index < -0.39 is 0 Å². The van der Waals surface area contributed by atoms with E-state index in [4.69, 9.17) is 4.74 Å². The van der Waals surface area contributed by atoms with E-state index in [0.717, 1.165) is 18.5 Å². The van der Waals surface area contributed by atoms with E-state index in [1.54, 1.807) is 19.2 Å². The molecule has 2 N–H and O–H groups in total. The lowest BCUT2D eigenvalue weighted by molar-refractivity contribution is 0.373. The average Bonchev–Trinajstić information content (AvgIpc) is 2.82. The summed E-state index contributed by atoms with van der Waals surface area (Å²) in [6.45, 7) is 5.05. The standard InChI is InChI=1S/C16H21NO2S/c1-11(8-14-6-4-12(2)20-14)17-10-13-5-7-16(19-3)15(18)9-13/h4-7,9,11,17-18H,8,10H2,1-3H3. The first-order valence-corrected chi connectivity index (χ1v) is 7.54. The Bertz CT molecular complexity index is 565. The lowest BCUT2D eigenvalue weighted by atomic mass is 10.1. The zero-order valence-electron chi connectivity index (χ0n) is 12.1. The topological polar surface area (TPSA) is 41.5 Å². The molecule has 2 rings (SSSR count). The summed E-state index contributed by atoms with van der Waals surface area (Å²) >= 11 is 1.85. The number of rotatable bonds is 6. The van der Waals surface area contributed by atoms with Gasteiger partial charge in [-0.15, -0.1) is 11.3 Å². The Hall–Kier alpha value is -1.52. The molecule has 1 unspecified atom stereocenters. The van der Waals surface area contributed by atoms with Gasteiger partial charge < -0.3 is 15.2 Å². The van der Waals surface area contributed by atoms with Crippen LogP contribution in [0.5, 0.6) is 11.5 Å². The van der Waals surface area contributed by atoms with Crippen molar-refractivity contribution in [2.24, 2.45) is 0 Å². The molecule has 0 aliphatic carbocycles. The van der Waals surface area contributed by atoms with E-state index in [-0.39, 0.29) is 5.75 Å². The molecule has 0 aliphatic rings. The quantitative estimate of drug-likeness (QED) is 0.856. The lowest BCUT2D eigenvalue weighted by Crippen LogP contribution is -2.27. The molecular formula is C16H21NO2S. The molecule has 2 aromatic rings. The van der Waals surface area contributed by atoms with Crippen LogP contribution in [0.3, 0.4) is 0 Å². The van der Waals surface area contributed by atoms with Gasteiger partial charge >= 0.3 is 0 Å². The van der Waals surface area contributed by atoms with Crippen LogP contribution in [0.4, 0.5) is 0 Å². The molecule has 1 heterocycles. The Labute approximate surface area is 124 Å². The summed E-state index contributed by atoms with van der Waals surface area (Å²) in [6.07, 6.45) is 1.03. The first kappa shape index (κ1) is 14.9. The minimum absolute atomic E-state index is 0.188. The van der Waals surface area contributed by atoms with Gasteiger partial charge in [-0.2, -0.15) is 0 Å². The second-order valence-electron chi connectivity index (χ2n) is 5.00. The van der Waals surface area contributed by atoms with Crippen LogP contribution in [0.2, 0.25) is 0 Å². The Morgan fingerprint density at radius 3 is 2.70 bits per heavy atom.